The smallest absolute Gasteiger partial charge is 0.338 e. The number of hydrogen-bond donors (Lipinski definition) is 2. The van der Waals surface area contributed by atoms with E-state index in [1.165, 1.54) is 6.08 Å². The monoisotopic (exact) mass is 310 g/mol. The molecule has 2 aromatic carbocycles. The minimum absolute atomic E-state index is 0.259. The van der Waals surface area contributed by atoms with E-state index in [1.807, 2.05) is 12.1 Å². The molecule has 5 nitrogen and oxygen atoms in total. The predicted molar refractivity (Wildman–Crippen MR) is 90.9 cm³/mol. The van der Waals surface area contributed by atoms with Crippen molar-refractivity contribution in [2.75, 3.05) is 17.7 Å². The topological polar surface area (TPSA) is 81.4 Å². The Hall–Kier alpha value is -3.08. The number of carbonyl (C=O) groups is 2. The van der Waals surface area contributed by atoms with Gasteiger partial charge in [0.25, 0.3) is 0 Å². The van der Waals surface area contributed by atoms with E-state index in [4.69, 9.17) is 10.5 Å². The molecule has 0 aromatic heterocycles. The number of amides is 1. The van der Waals surface area contributed by atoms with Crippen LogP contribution in [-0.4, -0.2) is 18.5 Å². The van der Waals surface area contributed by atoms with Gasteiger partial charge in [-0.2, -0.15) is 0 Å². The number of nitrogen functional groups attached to an aromatic ring is 1. The Balaban J connectivity index is 1.94. The molecule has 0 aliphatic rings. The van der Waals surface area contributed by atoms with Crippen LogP contribution >= 0.6 is 0 Å². The number of nitrogens with one attached hydrogen (secondary N) is 1. The van der Waals surface area contributed by atoms with E-state index in [-0.39, 0.29) is 11.9 Å². The minimum atomic E-state index is -0.381. The number of rotatable bonds is 5. The Kier molecular flexibility index (Phi) is 5.52. The lowest BCUT2D eigenvalue weighted by molar-refractivity contribution is -0.111. The van der Waals surface area contributed by atoms with Crippen LogP contribution in [0.2, 0.25) is 0 Å². The molecule has 0 aliphatic carbocycles. The summed E-state index contributed by atoms with van der Waals surface area (Å²) in [5, 5.41) is 2.72. The van der Waals surface area contributed by atoms with Crippen molar-refractivity contribution in [2.24, 2.45) is 0 Å². The largest absolute Gasteiger partial charge is 0.462 e. The van der Waals surface area contributed by atoms with Crippen molar-refractivity contribution in [2.45, 2.75) is 6.92 Å². The first-order valence-electron chi connectivity index (χ1n) is 7.20. The Labute approximate surface area is 134 Å². The summed E-state index contributed by atoms with van der Waals surface area (Å²) in [6, 6.07) is 13.7. The van der Waals surface area contributed by atoms with Crippen LogP contribution in [0.5, 0.6) is 0 Å². The van der Waals surface area contributed by atoms with Gasteiger partial charge in [0.15, 0.2) is 0 Å². The Morgan fingerprint density at radius 1 is 1.09 bits per heavy atom. The summed E-state index contributed by atoms with van der Waals surface area (Å²) >= 11 is 0. The van der Waals surface area contributed by atoms with Gasteiger partial charge in [-0.1, -0.05) is 12.1 Å². The first-order chi connectivity index (χ1) is 11.1. The third-order valence-corrected chi connectivity index (χ3v) is 3.03. The van der Waals surface area contributed by atoms with E-state index in [1.54, 1.807) is 49.4 Å². The third kappa shape index (κ3) is 5.00. The second kappa shape index (κ2) is 7.79. The van der Waals surface area contributed by atoms with Crippen LogP contribution in [0.3, 0.4) is 0 Å². The fourth-order valence-electron chi connectivity index (χ4n) is 1.87. The molecule has 23 heavy (non-hydrogen) atoms. The lowest BCUT2D eigenvalue weighted by Crippen LogP contribution is -2.08. The normalized spacial score (nSPS) is 10.5. The van der Waals surface area contributed by atoms with E-state index in [2.05, 4.69) is 5.32 Å². The molecule has 0 saturated carbocycles. The van der Waals surface area contributed by atoms with Crippen molar-refractivity contribution >= 4 is 29.3 Å². The fraction of sp³-hybridized carbons (Fsp3) is 0.111. The predicted octanol–water partition coefficient (Wildman–Crippen LogP) is 3.10. The number of anilines is 2. The maximum absolute atomic E-state index is 11.9. The van der Waals surface area contributed by atoms with Gasteiger partial charge in [0.1, 0.15) is 0 Å². The highest BCUT2D eigenvalue weighted by Crippen LogP contribution is 2.11. The van der Waals surface area contributed by atoms with Gasteiger partial charge in [-0.3, -0.25) is 4.79 Å². The van der Waals surface area contributed by atoms with E-state index in [0.29, 0.717) is 23.5 Å². The molecule has 0 radical (unpaired) electrons. The minimum Gasteiger partial charge on any atom is -0.462 e. The molecule has 2 aromatic rings. The second-order valence-corrected chi connectivity index (χ2v) is 4.79. The van der Waals surface area contributed by atoms with E-state index in [0.717, 1.165) is 5.56 Å². The molecule has 0 atom stereocenters. The molecule has 0 fully saturated rings. The second-order valence-electron chi connectivity index (χ2n) is 4.79. The summed E-state index contributed by atoms with van der Waals surface area (Å²) in [7, 11) is 0. The summed E-state index contributed by atoms with van der Waals surface area (Å²) in [6.07, 6.45) is 3.13. The van der Waals surface area contributed by atoms with Crippen LogP contribution in [0.4, 0.5) is 11.4 Å². The highest BCUT2D eigenvalue weighted by molar-refractivity contribution is 6.02. The molecule has 0 unspecified atom stereocenters. The molecular weight excluding hydrogens is 292 g/mol. The van der Waals surface area contributed by atoms with Gasteiger partial charge >= 0.3 is 5.97 Å². The van der Waals surface area contributed by atoms with Gasteiger partial charge in [-0.15, -0.1) is 0 Å². The number of esters is 1. The molecule has 118 valence electrons. The zero-order chi connectivity index (χ0) is 16.7. The Morgan fingerprint density at radius 3 is 2.35 bits per heavy atom. The van der Waals surface area contributed by atoms with Crippen LogP contribution in [0.15, 0.2) is 54.6 Å². The average Bonchev–Trinajstić information content (AvgIpc) is 2.55. The zero-order valence-corrected chi connectivity index (χ0v) is 12.8. The number of hydrogen-bond acceptors (Lipinski definition) is 4. The summed E-state index contributed by atoms with van der Waals surface area (Å²) in [4.78, 5) is 23.4. The Morgan fingerprint density at radius 2 is 1.74 bits per heavy atom. The average molecular weight is 310 g/mol. The van der Waals surface area contributed by atoms with Crippen molar-refractivity contribution in [1.29, 1.82) is 0 Å². The van der Waals surface area contributed by atoms with Gasteiger partial charge < -0.3 is 15.8 Å². The molecule has 3 N–H and O–H groups in total. The van der Waals surface area contributed by atoms with Crippen molar-refractivity contribution in [3.05, 3.63) is 65.7 Å². The molecule has 0 saturated heterocycles. The highest BCUT2D eigenvalue weighted by atomic mass is 16.5. The molecule has 0 aliphatic heterocycles. The fourth-order valence-corrected chi connectivity index (χ4v) is 1.87. The number of carbonyl (C=O) groups excluding carboxylic acids is 2. The van der Waals surface area contributed by atoms with Gasteiger partial charge in [0.05, 0.1) is 12.2 Å². The van der Waals surface area contributed by atoms with Gasteiger partial charge in [0, 0.05) is 17.5 Å². The third-order valence-electron chi connectivity index (χ3n) is 3.03. The number of benzene rings is 2. The van der Waals surface area contributed by atoms with Crippen molar-refractivity contribution in [3.63, 3.8) is 0 Å². The summed E-state index contributed by atoms with van der Waals surface area (Å²) in [5.74, 6) is -0.640. The number of ether oxygens (including phenoxy) is 1. The Bertz CT molecular complexity index is 704. The maximum atomic E-state index is 11.9. The van der Waals surface area contributed by atoms with Crippen molar-refractivity contribution in [3.8, 4) is 0 Å². The lowest BCUT2D eigenvalue weighted by atomic mass is 10.2. The highest BCUT2D eigenvalue weighted by Gasteiger charge is 2.06. The molecular formula is C18H18N2O3. The first kappa shape index (κ1) is 16.3. The number of nitrogens with two attached hydrogens (primary N) is 1. The van der Waals surface area contributed by atoms with Crippen LogP contribution in [0.1, 0.15) is 22.8 Å². The van der Waals surface area contributed by atoms with Gasteiger partial charge in [-0.25, -0.2) is 4.79 Å². The summed E-state index contributed by atoms with van der Waals surface area (Å²) in [5.41, 5.74) is 8.21. The van der Waals surface area contributed by atoms with Crippen LogP contribution in [0, 0.1) is 0 Å². The van der Waals surface area contributed by atoms with Gasteiger partial charge in [0.2, 0.25) is 5.91 Å². The van der Waals surface area contributed by atoms with E-state index in [9.17, 15) is 9.59 Å². The summed E-state index contributed by atoms with van der Waals surface area (Å²) < 4.78 is 4.90. The SMILES string of the molecule is CCOC(=O)c1ccc(NC(=O)/C=C/c2ccc(N)cc2)cc1. The van der Waals surface area contributed by atoms with E-state index >= 15 is 0 Å². The molecule has 0 heterocycles. The molecule has 1 amide bonds. The van der Waals surface area contributed by atoms with Crippen LogP contribution in [0.25, 0.3) is 6.08 Å². The molecule has 5 heteroatoms. The van der Waals surface area contributed by atoms with Crippen LogP contribution in [-0.2, 0) is 9.53 Å². The quantitative estimate of drug-likeness (QED) is 0.505. The maximum Gasteiger partial charge on any atom is 0.338 e. The van der Waals surface area contributed by atoms with Gasteiger partial charge in [-0.05, 0) is 55.0 Å². The zero-order valence-electron chi connectivity index (χ0n) is 12.8. The molecule has 0 bridgehead atoms. The molecule has 0 spiro atoms. The lowest BCUT2D eigenvalue weighted by Gasteiger charge is -2.04. The van der Waals surface area contributed by atoms with Crippen molar-refractivity contribution < 1.29 is 14.3 Å². The first-order valence-corrected chi connectivity index (χ1v) is 7.20. The van der Waals surface area contributed by atoms with E-state index < -0.39 is 0 Å². The molecule has 2 rings (SSSR count). The van der Waals surface area contributed by atoms with Crippen molar-refractivity contribution in [1.82, 2.24) is 0 Å². The summed E-state index contributed by atoms with van der Waals surface area (Å²) in [6.45, 7) is 2.08. The van der Waals surface area contributed by atoms with Crippen LogP contribution < -0.4 is 11.1 Å². The standard InChI is InChI=1S/C18H18N2O3/c1-2-23-18(22)14-6-10-16(11-7-14)20-17(21)12-5-13-3-8-15(19)9-4-13/h3-12H,2,19H2,1H3,(H,20,21)/b12-5+.